The molecule has 0 aromatic carbocycles. The predicted octanol–water partition coefficient (Wildman–Crippen LogP) is 3.53. The number of alkyl halides is 3. The maximum absolute atomic E-state index is 13.2. The zero-order chi connectivity index (χ0) is 20.8. The fourth-order valence-electron chi connectivity index (χ4n) is 2.90. The molecule has 8 nitrogen and oxygen atoms in total. The van der Waals surface area contributed by atoms with Crippen molar-refractivity contribution < 1.29 is 13.2 Å². The van der Waals surface area contributed by atoms with Gasteiger partial charge < -0.3 is 10.6 Å². The monoisotopic (exact) mass is 406 g/mol. The number of hydrogen-bond donors (Lipinski definition) is 2. The molecule has 1 saturated carbocycles. The number of rotatable bonds is 6. The second-order valence-electron chi connectivity index (χ2n) is 7.55. The predicted molar refractivity (Wildman–Crippen MR) is 101 cm³/mol. The minimum absolute atomic E-state index is 0.0250. The minimum atomic E-state index is -4.52. The lowest BCUT2D eigenvalue weighted by atomic mass is 10.0. The fraction of sp³-hybridized carbons (Fsp3) is 0.444. The van der Waals surface area contributed by atoms with Gasteiger partial charge in [-0.2, -0.15) is 28.4 Å². The van der Waals surface area contributed by atoms with Gasteiger partial charge in [-0.3, -0.25) is 9.36 Å². The highest BCUT2D eigenvalue weighted by Crippen LogP contribution is 2.36. The number of aromatic nitrogens is 6. The molecule has 11 heteroatoms. The smallest absolute Gasteiger partial charge is 0.367 e. The van der Waals surface area contributed by atoms with Gasteiger partial charge in [0.1, 0.15) is 22.7 Å². The quantitative estimate of drug-likeness (QED) is 0.652. The Labute approximate surface area is 165 Å². The largest absolute Gasteiger partial charge is 0.421 e. The summed E-state index contributed by atoms with van der Waals surface area (Å²) < 4.78 is 43.1. The molecule has 1 aliphatic carbocycles. The first-order valence-electron chi connectivity index (χ1n) is 9.17. The number of aryl methyl sites for hydroxylation is 1. The van der Waals surface area contributed by atoms with Crippen LogP contribution in [0.4, 0.5) is 30.8 Å². The number of anilines is 3. The first-order chi connectivity index (χ1) is 13.6. The van der Waals surface area contributed by atoms with E-state index in [1.54, 1.807) is 28.7 Å². The highest BCUT2D eigenvalue weighted by atomic mass is 19.4. The van der Waals surface area contributed by atoms with Crippen LogP contribution < -0.4 is 10.6 Å². The van der Waals surface area contributed by atoms with Crippen molar-refractivity contribution in [3.05, 3.63) is 42.0 Å². The standard InChI is InChI=1S/C18H21F3N8/c1-17(2,29-8-4-7-23-29)13-9-14(28(3)27-13)25-16-22-10-12(18(19,20)21)15(26-16)24-11-5-6-11/h4,7-11H,5-6H2,1-3H3,(H2,22,24,25,26). The third kappa shape index (κ3) is 3.89. The SMILES string of the molecule is Cn1nc(C(C)(C)n2cccn2)cc1Nc1ncc(C(F)(F)F)c(NC2CC2)n1. The second kappa shape index (κ2) is 6.75. The summed E-state index contributed by atoms with van der Waals surface area (Å²) in [6.45, 7) is 3.94. The zero-order valence-corrected chi connectivity index (χ0v) is 16.2. The van der Waals surface area contributed by atoms with Gasteiger partial charge >= 0.3 is 6.18 Å². The lowest BCUT2D eigenvalue weighted by Gasteiger charge is -2.22. The lowest BCUT2D eigenvalue weighted by Crippen LogP contribution is -2.28. The fourth-order valence-corrected chi connectivity index (χ4v) is 2.90. The van der Waals surface area contributed by atoms with Gasteiger partial charge in [-0.05, 0) is 32.8 Å². The molecular formula is C18H21F3N8. The molecule has 0 unspecified atom stereocenters. The van der Waals surface area contributed by atoms with Crippen LogP contribution in [-0.4, -0.2) is 35.6 Å². The van der Waals surface area contributed by atoms with Crippen molar-refractivity contribution in [2.45, 2.75) is 44.4 Å². The summed E-state index contributed by atoms with van der Waals surface area (Å²) in [4.78, 5) is 7.92. The first kappa shape index (κ1) is 19.2. The molecule has 0 aliphatic heterocycles. The van der Waals surface area contributed by atoms with E-state index < -0.39 is 17.3 Å². The number of nitrogens with one attached hydrogen (secondary N) is 2. The van der Waals surface area contributed by atoms with Gasteiger partial charge in [0.2, 0.25) is 5.95 Å². The highest BCUT2D eigenvalue weighted by Gasteiger charge is 2.37. The Hall–Kier alpha value is -3.11. The summed E-state index contributed by atoms with van der Waals surface area (Å²) in [6, 6.07) is 3.65. The molecule has 3 heterocycles. The molecule has 0 bridgehead atoms. The van der Waals surface area contributed by atoms with Crippen LogP contribution in [0.25, 0.3) is 0 Å². The van der Waals surface area contributed by atoms with Crippen molar-refractivity contribution in [2.24, 2.45) is 7.05 Å². The van der Waals surface area contributed by atoms with Crippen LogP contribution in [0.1, 0.15) is 37.9 Å². The van der Waals surface area contributed by atoms with Gasteiger partial charge in [0, 0.05) is 37.7 Å². The number of hydrogen-bond acceptors (Lipinski definition) is 6. The maximum atomic E-state index is 13.2. The molecule has 3 aromatic heterocycles. The molecule has 1 aliphatic rings. The van der Waals surface area contributed by atoms with Crippen LogP contribution in [0.2, 0.25) is 0 Å². The molecular weight excluding hydrogens is 385 g/mol. The molecule has 4 rings (SSSR count). The van der Waals surface area contributed by atoms with Gasteiger partial charge in [0.25, 0.3) is 0 Å². The third-order valence-electron chi connectivity index (χ3n) is 4.84. The molecule has 29 heavy (non-hydrogen) atoms. The topological polar surface area (TPSA) is 85.5 Å². The number of halogens is 3. The Balaban J connectivity index is 1.62. The summed E-state index contributed by atoms with van der Waals surface area (Å²) in [5.74, 6) is 0.404. The summed E-state index contributed by atoms with van der Waals surface area (Å²) in [7, 11) is 1.73. The van der Waals surface area contributed by atoms with Crippen molar-refractivity contribution in [3.63, 3.8) is 0 Å². The van der Waals surface area contributed by atoms with Gasteiger partial charge in [0.15, 0.2) is 0 Å². The van der Waals surface area contributed by atoms with Crippen molar-refractivity contribution >= 4 is 17.6 Å². The van der Waals surface area contributed by atoms with Crippen LogP contribution in [0.3, 0.4) is 0 Å². The van der Waals surface area contributed by atoms with Crippen LogP contribution in [0.15, 0.2) is 30.7 Å². The van der Waals surface area contributed by atoms with E-state index in [4.69, 9.17) is 0 Å². The Morgan fingerprint density at radius 3 is 2.59 bits per heavy atom. The van der Waals surface area contributed by atoms with Crippen LogP contribution in [-0.2, 0) is 18.8 Å². The molecule has 0 radical (unpaired) electrons. The van der Waals surface area contributed by atoms with Gasteiger partial charge in [0.05, 0.1) is 5.69 Å². The Bertz CT molecular complexity index is 1000. The normalized spacial score (nSPS) is 14.8. The van der Waals surface area contributed by atoms with Crippen LogP contribution in [0.5, 0.6) is 0 Å². The molecule has 1 fully saturated rings. The van der Waals surface area contributed by atoms with Gasteiger partial charge in [-0.25, -0.2) is 4.98 Å². The zero-order valence-electron chi connectivity index (χ0n) is 16.2. The van der Waals surface area contributed by atoms with E-state index in [9.17, 15) is 13.2 Å². The average molecular weight is 406 g/mol. The lowest BCUT2D eigenvalue weighted by molar-refractivity contribution is -0.137. The maximum Gasteiger partial charge on any atom is 0.421 e. The van der Waals surface area contributed by atoms with E-state index in [-0.39, 0.29) is 17.8 Å². The van der Waals surface area contributed by atoms with E-state index in [1.807, 2.05) is 26.1 Å². The molecule has 0 amide bonds. The van der Waals surface area contributed by atoms with Crippen molar-refractivity contribution in [3.8, 4) is 0 Å². The second-order valence-corrected chi connectivity index (χ2v) is 7.55. The van der Waals surface area contributed by atoms with Gasteiger partial charge in [-0.1, -0.05) is 0 Å². The Kier molecular flexibility index (Phi) is 4.47. The van der Waals surface area contributed by atoms with E-state index in [0.29, 0.717) is 5.82 Å². The van der Waals surface area contributed by atoms with Crippen molar-refractivity contribution in [1.29, 1.82) is 0 Å². The van der Waals surface area contributed by atoms with E-state index in [1.165, 1.54) is 0 Å². The highest BCUT2D eigenvalue weighted by molar-refractivity contribution is 5.55. The summed E-state index contributed by atoms with van der Waals surface area (Å²) in [6.07, 6.45) is 1.47. The minimum Gasteiger partial charge on any atom is -0.367 e. The number of nitrogens with zero attached hydrogens (tertiary/aromatic N) is 6. The first-order valence-corrected chi connectivity index (χ1v) is 9.17. The van der Waals surface area contributed by atoms with E-state index in [0.717, 1.165) is 24.7 Å². The van der Waals surface area contributed by atoms with E-state index >= 15 is 0 Å². The summed E-state index contributed by atoms with van der Waals surface area (Å²) >= 11 is 0. The third-order valence-corrected chi connectivity index (χ3v) is 4.84. The Morgan fingerprint density at radius 1 is 1.21 bits per heavy atom. The van der Waals surface area contributed by atoms with Crippen molar-refractivity contribution in [2.75, 3.05) is 10.6 Å². The van der Waals surface area contributed by atoms with Crippen LogP contribution >= 0.6 is 0 Å². The molecule has 3 aromatic rings. The van der Waals surface area contributed by atoms with E-state index in [2.05, 4.69) is 30.8 Å². The summed E-state index contributed by atoms with van der Waals surface area (Å²) in [5, 5.41) is 14.6. The Morgan fingerprint density at radius 2 is 1.97 bits per heavy atom. The molecule has 154 valence electrons. The molecule has 0 atom stereocenters. The summed E-state index contributed by atoms with van der Waals surface area (Å²) in [5.41, 5.74) is -0.657. The molecule has 0 spiro atoms. The van der Waals surface area contributed by atoms with Crippen molar-refractivity contribution in [1.82, 2.24) is 29.5 Å². The van der Waals surface area contributed by atoms with Gasteiger partial charge in [-0.15, -0.1) is 0 Å². The average Bonchev–Trinajstić information content (AvgIpc) is 3.13. The van der Waals surface area contributed by atoms with Crippen LogP contribution in [0, 0.1) is 0 Å². The molecule has 2 N–H and O–H groups in total. The molecule has 0 saturated heterocycles.